The number of likely N-dealkylation sites (tertiary alicyclic amines) is 1. The van der Waals surface area contributed by atoms with Crippen molar-refractivity contribution in [2.45, 2.75) is 51.5 Å². The molecule has 0 bridgehead atoms. The van der Waals surface area contributed by atoms with Crippen LogP contribution in [0.3, 0.4) is 0 Å². The van der Waals surface area contributed by atoms with E-state index in [9.17, 15) is 9.18 Å². The fourth-order valence-electron chi connectivity index (χ4n) is 3.64. The SMILES string of the molecule is CC(C)(C)c1cc(C(=O)N2CCC[C@H]2c2ncc(Cc3cccc(F)c3)o2)n[nH]1. The number of oxazole rings is 1. The Morgan fingerprint density at radius 1 is 1.34 bits per heavy atom. The average Bonchev–Trinajstić information content (AvgIpc) is 3.40. The van der Waals surface area contributed by atoms with E-state index >= 15 is 0 Å². The van der Waals surface area contributed by atoms with Crippen LogP contribution in [0.5, 0.6) is 0 Å². The van der Waals surface area contributed by atoms with Gasteiger partial charge in [0.1, 0.15) is 23.3 Å². The van der Waals surface area contributed by atoms with Gasteiger partial charge in [-0.1, -0.05) is 32.9 Å². The Bertz CT molecular complexity index is 1020. The molecule has 1 aliphatic rings. The molecule has 0 spiro atoms. The Labute approximate surface area is 169 Å². The van der Waals surface area contributed by atoms with Crippen molar-refractivity contribution in [3.8, 4) is 0 Å². The second kappa shape index (κ2) is 7.46. The minimum absolute atomic E-state index is 0.107. The second-order valence-electron chi connectivity index (χ2n) is 8.54. The van der Waals surface area contributed by atoms with E-state index in [2.05, 4.69) is 36.0 Å². The zero-order valence-corrected chi connectivity index (χ0v) is 16.9. The van der Waals surface area contributed by atoms with Crippen molar-refractivity contribution >= 4 is 5.91 Å². The van der Waals surface area contributed by atoms with E-state index in [1.165, 1.54) is 12.1 Å². The molecule has 2 aromatic heterocycles. The number of aromatic amines is 1. The number of halogens is 1. The molecule has 4 rings (SSSR count). The first-order chi connectivity index (χ1) is 13.8. The molecule has 0 saturated carbocycles. The average molecular weight is 396 g/mol. The fourth-order valence-corrected chi connectivity index (χ4v) is 3.64. The summed E-state index contributed by atoms with van der Waals surface area (Å²) in [6.07, 6.45) is 3.80. The molecule has 7 heteroatoms. The third-order valence-corrected chi connectivity index (χ3v) is 5.24. The number of benzene rings is 1. The summed E-state index contributed by atoms with van der Waals surface area (Å²) in [5.74, 6) is 0.779. The Morgan fingerprint density at radius 3 is 2.90 bits per heavy atom. The molecule has 1 aliphatic heterocycles. The Kier molecular flexibility index (Phi) is 4.98. The van der Waals surface area contributed by atoms with Crippen molar-refractivity contribution in [3.05, 3.63) is 70.9 Å². The van der Waals surface area contributed by atoms with Crippen molar-refractivity contribution in [1.82, 2.24) is 20.1 Å². The Hall–Kier alpha value is -2.96. The highest BCUT2D eigenvalue weighted by Crippen LogP contribution is 2.33. The standard InChI is InChI=1S/C22H25FN4O2/c1-22(2,3)19-12-17(25-26-19)21(28)27-9-5-8-18(27)20-24-13-16(29-20)11-14-6-4-7-15(23)10-14/h4,6-7,10,12-13,18H,5,8-9,11H2,1-3H3,(H,25,26)/t18-/m0/s1. The maximum Gasteiger partial charge on any atom is 0.275 e. The predicted molar refractivity (Wildman–Crippen MR) is 106 cm³/mol. The summed E-state index contributed by atoms with van der Waals surface area (Å²) in [5.41, 5.74) is 2.04. The molecule has 0 unspecified atom stereocenters. The van der Waals surface area contributed by atoms with Gasteiger partial charge in [0, 0.05) is 24.1 Å². The van der Waals surface area contributed by atoms with Gasteiger partial charge in [-0.2, -0.15) is 5.10 Å². The molecule has 6 nitrogen and oxygen atoms in total. The van der Waals surface area contributed by atoms with Gasteiger partial charge in [-0.25, -0.2) is 9.37 Å². The first kappa shape index (κ1) is 19.4. The van der Waals surface area contributed by atoms with Crippen molar-refractivity contribution in [2.24, 2.45) is 0 Å². The summed E-state index contributed by atoms with van der Waals surface area (Å²) in [6, 6.07) is 8.03. The van der Waals surface area contributed by atoms with Gasteiger partial charge in [-0.05, 0) is 36.6 Å². The van der Waals surface area contributed by atoms with Gasteiger partial charge in [0.05, 0.1) is 6.20 Å². The number of hydrogen-bond acceptors (Lipinski definition) is 4. The summed E-state index contributed by atoms with van der Waals surface area (Å²) in [7, 11) is 0. The van der Waals surface area contributed by atoms with Crippen molar-refractivity contribution in [1.29, 1.82) is 0 Å². The first-order valence-corrected chi connectivity index (χ1v) is 9.87. The lowest BCUT2D eigenvalue weighted by Gasteiger charge is -2.21. The summed E-state index contributed by atoms with van der Waals surface area (Å²) in [4.78, 5) is 19.2. The number of hydrogen-bond donors (Lipinski definition) is 1. The molecule has 0 radical (unpaired) electrons. The molecular formula is C22H25FN4O2. The molecule has 0 aliphatic carbocycles. The molecule has 152 valence electrons. The molecule has 1 fully saturated rings. The van der Waals surface area contributed by atoms with Crippen LogP contribution in [0.25, 0.3) is 0 Å². The van der Waals surface area contributed by atoms with Crippen LogP contribution in [-0.2, 0) is 11.8 Å². The van der Waals surface area contributed by atoms with Gasteiger partial charge in [0.25, 0.3) is 5.91 Å². The third-order valence-electron chi connectivity index (χ3n) is 5.24. The molecule has 1 saturated heterocycles. The maximum absolute atomic E-state index is 13.4. The van der Waals surface area contributed by atoms with E-state index in [0.717, 1.165) is 24.1 Å². The van der Waals surface area contributed by atoms with E-state index in [1.807, 2.05) is 12.1 Å². The Morgan fingerprint density at radius 2 is 2.17 bits per heavy atom. The van der Waals surface area contributed by atoms with Gasteiger partial charge in [-0.3, -0.25) is 9.89 Å². The lowest BCUT2D eigenvalue weighted by atomic mass is 9.92. The maximum atomic E-state index is 13.4. The van der Waals surface area contributed by atoms with Crippen LogP contribution in [0, 0.1) is 5.82 Å². The first-order valence-electron chi connectivity index (χ1n) is 9.87. The van der Waals surface area contributed by atoms with E-state index in [0.29, 0.717) is 30.3 Å². The van der Waals surface area contributed by atoms with Crippen LogP contribution in [0.15, 0.2) is 40.9 Å². The highest BCUT2D eigenvalue weighted by atomic mass is 19.1. The molecule has 1 amide bonds. The van der Waals surface area contributed by atoms with E-state index < -0.39 is 0 Å². The number of amides is 1. The van der Waals surface area contributed by atoms with Crippen LogP contribution in [0.4, 0.5) is 4.39 Å². The van der Waals surface area contributed by atoms with Crippen LogP contribution in [-0.4, -0.2) is 32.5 Å². The zero-order valence-electron chi connectivity index (χ0n) is 16.9. The van der Waals surface area contributed by atoms with Gasteiger partial charge < -0.3 is 9.32 Å². The van der Waals surface area contributed by atoms with Gasteiger partial charge in [-0.15, -0.1) is 0 Å². The Balaban J connectivity index is 1.50. The van der Waals surface area contributed by atoms with Crippen molar-refractivity contribution in [2.75, 3.05) is 6.54 Å². The fraction of sp³-hybridized carbons (Fsp3) is 0.409. The van der Waals surface area contributed by atoms with Gasteiger partial charge >= 0.3 is 0 Å². The van der Waals surface area contributed by atoms with Crippen molar-refractivity contribution < 1.29 is 13.6 Å². The molecule has 29 heavy (non-hydrogen) atoms. The molecule has 1 aromatic carbocycles. The molecular weight excluding hydrogens is 371 g/mol. The summed E-state index contributed by atoms with van der Waals surface area (Å²) in [6.45, 7) is 6.85. The number of aromatic nitrogens is 3. The second-order valence-corrected chi connectivity index (χ2v) is 8.54. The topological polar surface area (TPSA) is 75.0 Å². The number of nitrogens with zero attached hydrogens (tertiary/aromatic N) is 3. The minimum Gasteiger partial charge on any atom is -0.443 e. The third kappa shape index (κ3) is 4.09. The van der Waals surface area contributed by atoms with E-state index in [-0.39, 0.29) is 23.2 Å². The van der Waals surface area contributed by atoms with Gasteiger partial charge in [0.15, 0.2) is 0 Å². The van der Waals surface area contributed by atoms with E-state index in [4.69, 9.17) is 4.42 Å². The molecule has 3 aromatic rings. The number of H-pyrrole nitrogens is 1. The van der Waals surface area contributed by atoms with Crippen LogP contribution < -0.4 is 0 Å². The number of carbonyl (C=O) groups excluding carboxylic acids is 1. The van der Waals surface area contributed by atoms with E-state index in [1.54, 1.807) is 17.2 Å². The summed E-state index contributed by atoms with van der Waals surface area (Å²) in [5, 5.41) is 7.20. The van der Waals surface area contributed by atoms with Crippen LogP contribution >= 0.6 is 0 Å². The van der Waals surface area contributed by atoms with Crippen LogP contribution in [0.2, 0.25) is 0 Å². The predicted octanol–water partition coefficient (Wildman–Crippen LogP) is 4.40. The normalized spacial score (nSPS) is 17.1. The molecule has 1 atom stereocenters. The van der Waals surface area contributed by atoms with Crippen LogP contribution in [0.1, 0.15) is 73.1 Å². The van der Waals surface area contributed by atoms with Crippen molar-refractivity contribution in [3.63, 3.8) is 0 Å². The molecule has 3 heterocycles. The largest absolute Gasteiger partial charge is 0.443 e. The highest BCUT2D eigenvalue weighted by molar-refractivity contribution is 5.92. The number of nitrogens with one attached hydrogen (secondary N) is 1. The smallest absolute Gasteiger partial charge is 0.275 e. The highest BCUT2D eigenvalue weighted by Gasteiger charge is 2.35. The lowest BCUT2D eigenvalue weighted by Crippen LogP contribution is -2.31. The summed E-state index contributed by atoms with van der Waals surface area (Å²) >= 11 is 0. The lowest BCUT2D eigenvalue weighted by molar-refractivity contribution is 0.0708. The monoisotopic (exact) mass is 396 g/mol. The number of carbonyl (C=O) groups is 1. The van der Waals surface area contributed by atoms with Gasteiger partial charge in [0.2, 0.25) is 5.89 Å². The summed E-state index contributed by atoms with van der Waals surface area (Å²) < 4.78 is 19.3. The zero-order chi connectivity index (χ0) is 20.6. The minimum atomic E-state index is -0.275. The number of rotatable bonds is 4. The molecule has 1 N–H and O–H groups in total. The quantitative estimate of drug-likeness (QED) is 0.709.